The minimum absolute atomic E-state index is 0.210. The highest BCUT2D eigenvalue weighted by Gasteiger charge is 2.43. The Hall–Kier alpha value is -1.64. The first-order valence-corrected chi connectivity index (χ1v) is 9.19. The van der Waals surface area contributed by atoms with Crippen molar-refractivity contribution in [1.82, 2.24) is 4.90 Å². The molecule has 0 aromatic heterocycles. The molecule has 2 bridgehead atoms. The van der Waals surface area contributed by atoms with E-state index in [0.717, 1.165) is 32.5 Å². The Morgan fingerprint density at radius 2 is 1.83 bits per heavy atom. The lowest BCUT2D eigenvalue weighted by atomic mass is 9.65. The van der Waals surface area contributed by atoms with E-state index in [1.807, 2.05) is 0 Å². The van der Waals surface area contributed by atoms with Crippen LogP contribution in [-0.4, -0.2) is 29.6 Å². The van der Waals surface area contributed by atoms with Crippen molar-refractivity contribution in [2.45, 2.75) is 37.7 Å². The van der Waals surface area contributed by atoms with Crippen LogP contribution in [0.5, 0.6) is 0 Å². The largest absolute Gasteiger partial charge is 0.388 e. The molecule has 0 radical (unpaired) electrons. The predicted molar refractivity (Wildman–Crippen MR) is 98.1 cm³/mol. The molecule has 1 heterocycles. The molecule has 1 fully saturated rings. The van der Waals surface area contributed by atoms with Gasteiger partial charge in [-0.15, -0.1) is 0 Å². The second kappa shape index (κ2) is 6.34. The van der Waals surface area contributed by atoms with E-state index >= 15 is 0 Å². The van der Waals surface area contributed by atoms with Crippen LogP contribution in [0, 0.1) is 5.92 Å². The van der Waals surface area contributed by atoms with Gasteiger partial charge in [0.1, 0.15) is 0 Å². The van der Waals surface area contributed by atoms with Crippen LogP contribution in [0.3, 0.4) is 0 Å². The minimum Gasteiger partial charge on any atom is -0.388 e. The van der Waals surface area contributed by atoms with Crippen LogP contribution >= 0.6 is 0 Å². The Morgan fingerprint density at radius 3 is 2.67 bits per heavy atom. The summed E-state index contributed by atoms with van der Waals surface area (Å²) in [5.74, 6) is 0.350. The summed E-state index contributed by atoms with van der Waals surface area (Å²) in [6, 6.07) is 19.3. The summed E-state index contributed by atoms with van der Waals surface area (Å²) in [6.07, 6.45) is 3.06. The Labute approximate surface area is 145 Å². The lowest BCUT2D eigenvalue weighted by Gasteiger charge is -2.40. The first-order valence-electron chi connectivity index (χ1n) is 9.19. The lowest BCUT2D eigenvalue weighted by Crippen LogP contribution is -2.36. The van der Waals surface area contributed by atoms with Gasteiger partial charge in [-0.05, 0) is 47.9 Å². The number of nitrogens with zero attached hydrogens (tertiary/aromatic N) is 1. The summed E-state index contributed by atoms with van der Waals surface area (Å²) in [4.78, 5) is 2.57. The molecule has 1 saturated heterocycles. The molecule has 0 amide bonds. The van der Waals surface area contributed by atoms with Crippen molar-refractivity contribution in [3.8, 4) is 0 Å². The van der Waals surface area contributed by atoms with E-state index in [9.17, 15) is 5.11 Å². The molecular formula is C22H27NO. The van der Waals surface area contributed by atoms with Crippen molar-refractivity contribution in [3.05, 3.63) is 71.3 Å². The second-order valence-corrected chi connectivity index (χ2v) is 7.84. The fraction of sp³-hybridized carbons (Fsp3) is 0.455. The van der Waals surface area contributed by atoms with E-state index in [1.165, 1.54) is 23.1 Å². The van der Waals surface area contributed by atoms with E-state index in [1.54, 1.807) is 0 Å². The van der Waals surface area contributed by atoms with Crippen molar-refractivity contribution in [3.63, 3.8) is 0 Å². The second-order valence-electron chi connectivity index (χ2n) is 7.84. The highest BCUT2D eigenvalue weighted by Crippen LogP contribution is 2.48. The summed E-state index contributed by atoms with van der Waals surface area (Å²) in [6.45, 7) is 5.61. The predicted octanol–water partition coefficient (Wildman–Crippen LogP) is 3.95. The molecule has 126 valence electrons. The zero-order valence-electron chi connectivity index (χ0n) is 14.5. The lowest BCUT2D eigenvalue weighted by molar-refractivity contribution is 0.0639. The van der Waals surface area contributed by atoms with Gasteiger partial charge in [-0.25, -0.2) is 0 Å². The molecule has 3 atom stereocenters. The zero-order chi connectivity index (χ0) is 16.6. The molecule has 2 aromatic rings. The zero-order valence-corrected chi connectivity index (χ0v) is 14.5. The molecule has 2 heteroatoms. The maximum atomic E-state index is 10.9. The van der Waals surface area contributed by atoms with E-state index in [0.29, 0.717) is 5.92 Å². The van der Waals surface area contributed by atoms with Crippen LogP contribution in [0.1, 0.15) is 42.6 Å². The fourth-order valence-corrected chi connectivity index (χ4v) is 4.72. The smallest absolute Gasteiger partial charge is 0.0833 e. The van der Waals surface area contributed by atoms with Gasteiger partial charge in [0.2, 0.25) is 0 Å². The quantitative estimate of drug-likeness (QED) is 0.925. The SMILES string of the molecule is CC12CCN(CCc3ccccc3)CC(C1)C(O)c1ccccc12. The molecule has 1 aliphatic heterocycles. The molecule has 0 spiro atoms. The summed E-state index contributed by atoms with van der Waals surface area (Å²) in [5.41, 5.74) is 4.15. The van der Waals surface area contributed by atoms with E-state index < -0.39 is 0 Å². The highest BCUT2D eigenvalue weighted by molar-refractivity contribution is 5.39. The Bertz CT molecular complexity index is 698. The summed E-state index contributed by atoms with van der Waals surface area (Å²) in [7, 11) is 0. The first kappa shape index (κ1) is 15.9. The Kier molecular flexibility index (Phi) is 4.19. The molecule has 1 aliphatic carbocycles. The number of benzene rings is 2. The van der Waals surface area contributed by atoms with Crippen molar-refractivity contribution in [2.24, 2.45) is 5.92 Å². The number of likely N-dealkylation sites (tertiary alicyclic amines) is 1. The standard InChI is InChI=1S/C22H27NO/c1-22-12-14-23(13-11-17-7-3-2-4-8-17)16-18(15-22)21(24)19-9-5-6-10-20(19)22/h2-10,18,21,24H,11-16H2,1H3. The molecular weight excluding hydrogens is 294 g/mol. The molecule has 2 nitrogen and oxygen atoms in total. The molecule has 24 heavy (non-hydrogen) atoms. The van der Waals surface area contributed by atoms with Crippen LogP contribution in [0.2, 0.25) is 0 Å². The van der Waals surface area contributed by atoms with Crippen LogP contribution in [-0.2, 0) is 11.8 Å². The number of rotatable bonds is 3. The number of hydrogen-bond donors (Lipinski definition) is 1. The third-order valence-corrected chi connectivity index (χ3v) is 6.12. The Balaban J connectivity index is 1.52. The fourth-order valence-electron chi connectivity index (χ4n) is 4.72. The van der Waals surface area contributed by atoms with Gasteiger partial charge in [-0.2, -0.15) is 0 Å². The maximum Gasteiger partial charge on any atom is 0.0833 e. The number of aliphatic hydroxyl groups is 1. The molecule has 3 unspecified atom stereocenters. The third-order valence-electron chi connectivity index (χ3n) is 6.12. The van der Waals surface area contributed by atoms with Crippen molar-refractivity contribution in [2.75, 3.05) is 19.6 Å². The topological polar surface area (TPSA) is 23.5 Å². The first-order chi connectivity index (χ1) is 11.7. The van der Waals surface area contributed by atoms with Crippen LogP contribution in [0.15, 0.2) is 54.6 Å². The van der Waals surface area contributed by atoms with Gasteiger partial charge >= 0.3 is 0 Å². The van der Waals surface area contributed by atoms with Crippen molar-refractivity contribution < 1.29 is 5.11 Å². The summed E-state index contributed by atoms with van der Waals surface area (Å²) >= 11 is 0. The van der Waals surface area contributed by atoms with Crippen molar-refractivity contribution in [1.29, 1.82) is 0 Å². The van der Waals surface area contributed by atoms with Crippen LogP contribution in [0.4, 0.5) is 0 Å². The molecule has 0 saturated carbocycles. The van der Waals surface area contributed by atoms with Crippen molar-refractivity contribution >= 4 is 0 Å². The highest BCUT2D eigenvalue weighted by atomic mass is 16.3. The normalized spacial score (nSPS) is 29.8. The maximum absolute atomic E-state index is 10.9. The Morgan fingerprint density at radius 1 is 1.08 bits per heavy atom. The van der Waals surface area contributed by atoms with Gasteiger partial charge in [-0.1, -0.05) is 61.5 Å². The van der Waals surface area contributed by atoms with Gasteiger partial charge < -0.3 is 10.0 Å². The molecule has 2 aromatic carbocycles. The average molecular weight is 321 g/mol. The van der Waals surface area contributed by atoms with Gasteiger partial charge in [0.05, 0.1) is 6.10 Å². The van der Waals surface area contributed by atoms with Gasteiger partial charge in [0.25, 0.3) is 0 Å². The summed E-state index contributed by atoms with van der Waals surface area (Å²) < 4.78 is 0. The van der Waals surface area contributed by atoms with E-state index in [2.05, 4.69) is 66.4 Å². The number of aliphatic hydroxyl groups excluding tert-OH is 1. The van der Waals surface area contributed by atoms with E-state index in [-0.39, 0.29) is 11.5 Å². The van der Waals surface area contributed by atoms with Gasteiger partial charge in [0.15, 0.2) is 0 Å². The average Bonchev–Trinajstić information content (AvgIpc) is 2.78. The molecule has 2 aliphatic rings. The molecule has 4 rings (SSSR count). The van der Waals surface area contributed by atoms with Crippen LogP contribution in [0.25, 0.3) is 0 Å². The number of fused-ring (bicyclic) bond motifs is 4. The minimum atomic E-state index is -0.313. The summed E-state index contributed by atoms with van der Waals surface area (Å²) in [5, 5.41) is 10.9. The van der Waals surface area contributed by atoms with Gasteiger partial charge in [-0.3, -0.25) is 0 Å². The third kappa shape index (κ3) is 2.89. The monoisotopic (exact) mass is 321 g/mol. The van der Waals surface area contributed by atoms with E-state index in [4.69, 9.17) is 0 Å². The molecule has 1 N–H and O–H groups in total. The van der Waals surface area contributed by atoms with Gasteiger partial charge in [0, 0.05) is 19.0 Å². The van der Waals surface area contributed by atoms with Crippen LogP contribution < -0.4 is 0 Å². The number of hydrogen-bond acceptors (Lipinski definition) is 2.